The summed E-state index contributed by atoms with van der Waals surface area (Å²) in [5, 5.41) is 0. The Kier molecular flexibility index (Phi) is 4.20. The molecule has 0 saturated carbocycles. The van der Waals surface area contributed by atoms with E-state index in [0.717, 1.165) is 18.4 Å². The number of piperidine rings is 1. The molecule has 112 valence electrons. The molecule has 0 N–H and O–H groups in total. The molecule has 0 atom stereocenters. The van der Waals surface area contributed by atoms with E-state index < -0.39 is 0 Å². The van der Waals surface area contributed by atoms with E-state index in [2.05, 4.69) is 0 Å². The quantitative estimate of drug-likeness (QED) is 0.820. The maximum atomic E-state index is 12.4. The normalized spacial score (nSPS) is 20.7. The van der Waals surface area contributed by atoms with Gasteiger partial charge in [-0.05, 0) is 25.0 Å². The first-order valence-electron chi connectivity index (χ1n) is 7.47. The molecular weight excluding hydrogens is 268 g/mol. The van der Waals surface area contributed by atoms with Crippen LogP contribution in [0.5, 0.6) is 0 Å². The Labute approximate surface area is 124 Å². The Balaban J connectivity index is 1.58. The van der Waals surface area contributed by atoms with Gasteiger partial charge < -0.3 is 14.5 Å². The van der Waals surface area contributed by atoms with Crippen molar-refractivity contribution in [3.05, 3.63) is 35.9 Å². The summed E-state index contributed by atoms with van der Waals surface area (Å²) in [5.41, 5.74) is 0.735. The van der Waals surface area contributed by atoms with Gasteiger partial charge in [0.15, 0.2) is 0 Å². The molecule has 0 radical (unpaired) electrons. The van der Waals surface area contributed by atoms with Crippen LogP contribution in [0.2, 0.25) is 0 Å². The van der Waals surface area contributed by atoms with Crippen LogP contribution in [-0.4, -0.2) is 60.5 Å². The topological polar surface area (TPSA) is 49.9 Å². The van der Waals surface area contributed by atoms with E-state index in [1.54, 1.807) is 0 Å². The van der Waals surface area contributed by atoms with E-state index in [1.165, 1.54) is 0 Å². The number of hydrogen-bond acceptors (Lipinski definition) is 3. The summed E-state index contributed by atoms with van der Waals surface area (Å²) in [5.74, 6) is 0.163. The maximum Gasteiger partial charge on any atom is 0.253 e. The molecule has 0 aromatic heterocycles. The summed E-state index contributed by atoms with van der Waals surface area (Å²) in [6, 6.07) is 9.62. The van der Waals surface area contributed by atoms with Gasteiger partial charge in [-0.1, -0.05) is 18.2 Å². The number of hydrogen-bond donors (Lipinski definition) is 0. The molecule has 0 aliphatic carbocycles. The zero-order chi connectivity index (χ0) is 14.7. The summed E-state index contributed by atoms with van der Waals surface area (Å²) in [6.07, 6.45) is 1.70. The molecule has 21 heavy (non-hydrogen) atoms. The summed E-state index contributed by atoms with van der Waals surface area (Å²) in [4.78, 5) is 28.0. The number of ether oxygens (including phenoxy) is 1. The average molecular weight is 288 g/mol. The number of amides is 2. The van der Waals surface area contributed by atoms with Crippen LogP contribution >= 0.6 is 0 Å². The molecular formula is C16H20N2O3. The van der Waals surface area contributed by atoms with E-state index in [0.29, 0.717) is 26.2 Å². The number of carbonyl (C=O) groups excluding carboxylic acids is 2. The Hall–Kier alpha value is -1.88. The Morgan fingerprint density at radius 1 is 1.10 bits per heavy atom. The molecule has 0 unspecified atom stereocenters. The van der Waals surface area contributed by atoms with Crippen molar-refractivity contribution in [1.29, 1.82) is 0 Å². The predicted molar refractivity (Wildman–Crippen MR) is 77.9 cm³/mol. The van der Waals surface area contributed by atoms with Crippen molar-refractivity contribution in [2.24, 2.45) is 0 Å². The van der Waals surface area contributed by atoms with Crippen LogP contribution in [0, 0.1) is 0 Å². The number of likely N-dealkylation sites (tertiary alicyclic amines) is 1. The molecule has 1 aromatic rings. The lowest BCUT2D eigenvalue weighted by atomic mass is 10.0. The molecule has 1 aromatic carbocycles. The van der Waals surface area contributed by atoms with Gasteiger partial charge in [0.1, 0.15) is 6.61 Å². The van der Waals surface area contributed by atoms with Crippen molar-refractivity contribution in [2.75, 3.05) is 32.8 Å². The highest BCUT2D eigenvalue weighted by molar-refractivity contribution is 5.94. The van der Waals surface area contributed by atoms with Crippen LogP contribution in [0.1, 0.15) is 23.2 Å². The first-order valence-corrected chi connectivity index (χ1v) is 7.47. The third-order valence-corrected chi connectivity index (χ3v) is 4.24. The summed E-state index contributed by atoms with van der Waals surface area (Å²) >= 11 is 0. The van der Waals surface area contributed by atoms with Crippen LogP contribution in [-0.2, 0) is 9.53 Å². The molecule has 5 heteroatoms. The minimum absolute atomic E-state index is 0.0779. The minimum atomic E-state index is 0.0779. The summed E-state index contributed by atoms with van der Waals surface area (Å²) < 4.78 is 5.16. The largest absolute Gasteiger partial charge is 0.370 e. The molecule has 2 amide bonds. The van der Waals surface area contributed by atoms with Gasteiger partial charge in [-0.15, -0.1) is 0 Å². The molecule has 2 heterocycles. The van der Waals surface area contributed by atoms with E-state index in [1.807, 2.05) is 40.1 Å². The number of nitrogens with zero attached hydrogens (tertiary/aromatic N) is 2. The fraction of sp³-hybridized carbons (Fsp3) is 0.500. The molecule has 0 bridgehead atoms. The fourth-order valence-corrected chi connectivity index (χ4v) is 3.06. The first kappa shape index (κ1) is 14.1. The van der Waals surface area contributed by atoms with Gasteiger partial charge in [0.2, 0.25) is 5.91 Å². The van der Waals surface area contributed by atoms with Crippen molar-refractivity contribution in [1.82, 2.24) is 9.80 Å². The Bertz CT molecular complexity index is 510. The average Bonchev–Trinajstić information content (AvgIpc) is 2.56. The van der Waals surface area contributed by atoms with E-state index in [-0.39, 0.29) is 24.5 Å². The second kappa shape index (κ2) is 6.26. The highest BCUT2D eigenvalue weighted by Crippen LogP contribution is 2.19. The zero-order valence-electron chi connectivity index (χ0n) is 12.0. The molecule has 2 saturated heterocycles. The highest BCUT2D eigenvalue weighted by Gasteiger charge is 2.31. The zero-order valence-corrected chi connectivity index (χ0v) is 12.0. The number of morpholine rings is 1. The van der Waals surface area contributed by atoms with Gasteiger partial charge in [0.25, 0.3) is 5.91 Å². The Morgan fingerprint density at radius 3 is 2.48 bits per heavy atom. The minimum Gasteiger partial charge on any atom is -0.370 e. The van der Waals surface area contributed by atoms with Crippen LogP contribution in [0.25, 0.3) is 0 Å². The van der Waals surface area contributed by atoms with E-state index >= 15 is 0 Å². The molecule has 2 aliphatic rings. The third-order valence-electron chi connectivity index (χ3n) is 4.24. The molecule has 2 fully saturated rings. The van der Waals surface area contributed by atoms with Gasteiger partial charge in [-0.2, -0.15) is 0 Å². The van der Waals surface area contributed by atoms with E-state index in [9.17, 15) is 9.59 Å². The number of benzene rings is 1. The molecule has 0 spiro atoms. The van der Waals surface area contributed by atoms with Crippen molar-refractivity contribution in [2.45, 2.75) is 18.9 Å². The van der Waals surface area contributed by atoms with Gasteiger partial charge >= 0.3 is 0 Å². The monoisotopic (exact) mass is 288 g/mol. The second-order valence-electron chi connectivity index (χ2n) is 5.53. The number of rotatable bonds is 2. The first-order chi connectivity index (χ1) is 10.3. The van der Waals surface area contributed by atoms with Crippen molar-refractivity contribution in [3.63, 3.8) is 0 Å². The van der Waals surface area contributed by atoms with Crippen molar-refractivity contribution in [3.8, 4) is 0 Å². The van der Waals surface area contributed by atoms with Gasteiger partial charge in [0, 0.05) is 31.2 Å². The van der Waals surface area contributed by atoms with Gasteiger partial charge in [-0.25, -0.2) is 0 Å². The lowest BCUT2D eigenvalue weighted by molar-refractivity contribution is -0.146. The Morgan fingerprint density at radius 2 is 1.81 bits per heavy atom. The smallest absolute Gasteiger partial charge is 0.253 e. The summed E-state index contributed by atoms with van der Waals surface area (Å²) in [7, 11) is 0. The summed E-state index contributed by atoms with van der Waals surface area (Å²) in [6.45, 7) is 2.92. The molecule has 3 rings (SSSR count). The van der Waals surface area contributed by atoms with Crippen molar-refractivity contribution < 1.29 is 14.3 Å². The third kappa shape index (κ3) is 3.08. The van der Waals surface area contributed by atoms with Crippen molar-refractivity contribution >= 4 is 11.8 Å². The number of carbonyl (C=O) groups is 2. The maximum absolute atomic E-state index is 12.4. The van der Waals surface area contributed by atoms with Crippen LogP contribution in [0.4, 0.5) is 0 Å². The van der Waals surface area contributed by atoms with Gasteiger partial charge in [0.05, 0.1) is 6.61 Å². The van der Waals surface area contributed by atoms with Crippen LogP contribution < -0.4 is 0 Å². The highest BCUT2D eigenvalue weighted by atomic mass is 16.5. The molecule has 5 nitrogen and oxygen atoms in total. The van der Waals surface area contributed by atoms with Crippen LogP contribution in [0.3, 0.4) is 0 Å². The lowest BCUT2D eigenvalue weighted by Crippen LogP contribution is -2.52. The fourth-order valence-electron chi connectivity index (χ4n) is 3.06. The predicted octanol–water partition coefficient (Wildman–Crippen LogP) is 1.15. The van der Waals surface area contributed by atoms with Crippen LogP contribution in [0.15, 0.2) is 30.3 Å². The second-order valence-corrected chi connectivity index (χ2v) is 5.53. The standard InChI is InChI=1S/C16H20N2O3/c19-15-12-21-11-10-18(15)14-6-8-17(9-7-14)16(20)13-4-2-1-3-5-13/h1-5,14H,6-12H2. The lowest BCUT2D eigenvalue weighted by Gasteiger charge is -2.40. The van der Waals surface area contributed by atoms with Gasteiger partial charge in [-0.3, -0.25) is 9.59 Å². The SMILES string of the molecule is O=C(c1ccccc1)N1CCC(N2CCOCC2=O)CC1. The molecule has 2 aliphatic heterocycles. The van der Waals surface area contributed by atoms with E-state index in [4.69, 9.17) is 4.74 Å².